The molecular formula is C29H36N2O2. The van der Waals surface area contributed by atoms with E-state index in [-0.39, 0.29) is 18.4 Å². The predicted octanol–water partition coefficient (Wildman–Crippen LogP) is 4.66. The highest BCUT2D eigenvalue weighted by atomic mass is 16.3. The SMILES string of the molecule is CCc1ccc(CN(CC[C@H](O)CCc2ccccc2)Cc2ccc(CC(N)=O)cc2)cc1. The summed E-state index contributed by atoms with van der Waals surface area (Å²) in [5.41, 5.74) is 11.3. The molecule has 0 fully saturated rings. The molecule has 3 N–H and O–H groups in total. The number of nitrogens with two attached hydrogens (primary N) is 1. The lowest BCUT2D eigenvalue weighted by molar-refractivity contribution is -0.117. The van der Waals surface area contributed by atoms with E-state index in [4.69, 9.17) is 5.73 Å². The van der Waals surface area contributed by atoms with Crippen LogP contribution in [0.4, 0.5) is 0 Å². The average molecular weight is 445 g/mol. The topological polar surface area (TPSA) is 66.6 Å². The van der Waals surface area contributed by atoms with E-state index in [0.29, 0.717) is 0 Å². The number of rotatable bonds is 13. The zero-order valence-corrected chi connectivity index (χ0v) is 19.6. The Kier molecular flexibility index (Phi) is 9.67. The molecule has 0 aliphatic carbocycles. The van der Waals surface area contributed by atoms with E-state index in [1.165, 1.54) is 22.3 Å². The van der Waals surface area contributed by atoms with Gasteiger partial charge in [-0.25, -0.2) is 0 Å². The Morgan fingerprint density at radius 3 is 1.88 bits per heavy atom. The summed E-state index contributed by atoms with van der Waals surface area (Å²) in [5, 5.41) is 10.6. The smallest absolute Gasteiger partial charge is 0.221 e. The summed E-state index contributed by atoms with van der Waals surface area (Å²) in [6.45, 7) is 4.60. The summed E-state index contributed by atoms with van der Waals surface area (Å²) in [5.74, 6) is -0.315. The molecule has 0 aliphatic rings. The second-order valence-corrected chi connectivity index (χ2v) is 8.81. The maximum absolute atomic E-state index is 11.2. The van der Waals surface area contributed by atoms with Gasteiger partial charge in [-0.15, -0.1) is 0 Å². The summed E-state index contributed by atoms with van der Waals surface area (Å²) in [6, 6.07) is 27.2. The zero-order valence-electron chi connectivity index (χ0n) is 19.6. The number of amides is 1. The lowest BCUT2D eigenvalue weighted by Gasteiger charge is -2.24. The van der Waals surface area contributed by atoms with Crippen LogP contribution in [-0.2, 0) is 37.1 Å². The van der Waals surface area contributed by atoms with Gasteiger partial charge >= 0.3 is 0 Å². The fraction of sp³-hybridized carbons (Fsp3) is 0.345. The number of benzene rings is 3. The summed E-state index contributed by atoms with van der Waals surface area (Å²) in [7, 11) is 0. The number of aliphatic hydroxyl groups excluding tert-OH is 1. The predicted molar refractivity (Wildman–Crippen MR) is 135 cm³/mol. The Labute approximate surface area is 198 Å². The minimum atomic E-state index is -0.326. The molecule has 1 atom stereocenters. The van der Waals surface area contributed by atoms with Crippen molar-refractivity contribution < 1.29 is 9.90 Å². The molecule has 33 heavy (non-hydrogen) atoms. The first-order valence-corrected chi connectivity index (χ1v) is 11.9. The molecule has 0 saturated heterocycles. The molecule has 0 heterocycles. The van der Waals surface area contributed by atoms with Crippen molar-refractivity contribution in [3.63, 3.8) is 0 Å². The van der Waals surface area contributed by atoms with Crippen molar-refractivity contribution in [2.75, 3.05) is 6.54 Å². The molecule has 174 valence electrons. The van der Waals surface area contributed by atoms with Gasteiger partial charge in [0, 0.05) is 19.6 Å². The Balaban J connectivity index is 1.60. The first-order valence-electron chi connectivity index (χ1n) is 11.9. The van der Waals surface area contributed by atoms with Gasteiger partial charge in [-0.3, -0.25) is 9.69 Å². The van der Waals surface area contributed by atoms with Gasteiger partial charge in [-0.2, -0.15) is 0 Å². The van der Waals surface area contributed by atoms with Crippen LogP contribution in [0.5, 0.6) is 0 Å². The third kappa shape index (κ3) is 8.83. The highest BCUT2D eigenvalue weighted by Gasteiger charge is 2.12. The monoisotopic (exact) mass is 444 g/mol. The number of carbonyl (C=O) groups excluding carboxylic acids is 1. The molecule has 0 radical (unpaired) electrons. The summed E-state index contributed by atoms with van der Waals surface area (Å²) < 4.78 is 0. The summed E-state index contributed by atoms with van der Waals surface area (Å²) >= 11 is 0. The van der Waals surface area contributed by atoms with Crippen molar-refractivity contribution in [3.05, 3.63) is 107 Å². The van der Waals surface area contributed by atoms with Crippen molar-refractivity contribution in [2.45, 2.75) is 58.2 Å². The molecule has 0 spiro atoms. The van der Waals surface area contributed by atoms with E-state index in [0.717, 1.165) is 50.9 Å². The molecule has 3 aromatic carbocycles. The molecule has 1 amide bonds. The van der Waals surface area contributed by atoms with E-state index < -0.39 is 0 Å². The molecule has 3 rings (SSSR count). The number of aryl methyl sites for hydroxylation is 2. The molecule has 4 heteroatoms. The van der Waals surface area contributed by atoms with Crippen molar-refractivity contribution >= 4 is 5.91 Å². The number of hydrogen-bond donors (Lipinski definition) is 2. The van der Waals surface area contributed by atoms with Crippen LogP contribution in [0.15, 0.2) is 78.9 Å². The maximum Gasteiger partial charge on any atom is 0.221 e. The average Bonchev–Trinajstić information content (AvgIpc) is 2.83. The number of primary amides is 1. The van der Waals surface area contributed by atoms with Gasteiger partial charge < -0.3 is 10.8 Å². The Morgan fingerprint density at radius 2 is 1.33 bits per heavy atom. The van der Waals surface area contributed by atoms with Crippen LogP contribution in [0.2, 0.25) is 0 Å². The lowest BCUT2D eigenvalue weighted by atomic mass is 10.0. The van der Waals surface area contributed by atoms with Crippen LogP contribution in [-0.4, -0.2) is 28.6 Å². The van der Waals surface area contributed by atoms with Crippen LogP contribution in [0.1, 0.15) is 47.6 Å². The number of hydrogen-bond acceptors (Lipinski definition) is 3. The van der Waals surface area contributed by atoms with Gasteiger partial charge in [0.2, 0.25) is 5.91 Å². The largest absolute Gasteiger partial charge is 0.393 e. The molecular weight excluding hydrogens is 408 g/mol. The molecule has 3 aromatic rings. The highest BCUT2D eigenvalue weighted by Crippen LogP contribution is 2.15. The van der Waals surface area contributed by atoms with Crippen LogP contribution in [0.25, 0.3) is 0 Å². The van der Waals surface area contributed by atoms with E-state index in [1.54, 1.807) is 0 Å². The highest BCUT2D eigenvalue weighted by molar-refractivity contribution is 5.76. The minimum absolute atomic E-state index is 0.265. The van der Waals surface area contributed by atoms with Gasteiger partial charge in [0.15, 0.2) is 0 Å². The van der Waals surface area contributed by atoms with Gasteiger partial charge in [-0.05, 0) is 53.5 Å². The van der Waals surface area contributed by atoms with E-state index in [1.807, 2.05) is 30.3 Å². The summed E-state index contributed by atoms with van der Waals surface area (Å²) in [4.78, 5) is 13.5. The standard InChI is InChI=1S/C29H36N2O2/c1-2-23-8-12-26(13-9-23)21-31(22-27-14-10-25(11-15-27)20-29(30)33)19-18-28(32)17-16-24-6-4-3-5-7-24/h3-15,28,32H,2,16-22H2,1H3,(H2,30,33)/t28-/m1/s1. The molecule has 0 saturated carbocycles. The van der Waals surface area contributed by atoms with Crippen LogP contribution in [0.3, 0.4) is 0 Å². The first kappa shape index (κ1) is 24.7. The van der Waals surface area contributed by atoms with E-state index >= 15 is 0 Å². The van der Waals surface area contributed by atoms with Crippen LogP contribution >= 0.6 is 0 Å². The first-order chi connectivity index (χ1) is 16.0. The molecule has 0 aliphatic heterocycles. The number of nitrogens with zero attached hydrogens (tertiary/aromatic N) is 1. The van der Waals surface area contributed by atoms with Gasteiger partial charge in [0.25, 0.3) is 0 Å². The second-order valence-electron chi connectivity index (χ2n) is 8.81. The molecule has 0 aromatic heterocycles. The zero-order chi connectivity index (χ0) is 23.5. The van der Waals surface area contributed by atoms with Gasteiger partial charge in [0.05, 0.1) is 12.5 Å². The van der Waals surface area contributed by atoms with Crippen molar-refractivity contribution in [1.82, 2.24) is 4.90 Å². The second kappa shape index (κ2) is 12.9. The molecule has 0 bridgehead atoms. The third-order valence-corrected chi connectivity index (χ3v) is 6.03. The summed E-state index contributed by atoms with van der Waals surface area (Å²) in [6.07, 6.45) is 3.37. The fourth-order valence-electron chi connectivity index (χ4n) is 4.03. The van der Waals surface area contributed by atoms with Crippen LogP contribution in [0, 0.1) is 0 Å². The van der Waals surface area contributed by atoms with Crippen molar-refractivity contribution in [3.8, 4) is 0 Å². The van der Waals surface area contributed by atoms with E-state index in [9.17, 15) is 9.90 Å². The van der Waals surface area contributed by atoms with Gasteiger partial charge in [0.1, 0.15) is 0 Å². The van der Waals surface area contributed by atoms with E-state index in [2.05, 4.69) is 60.4 Å². The van der Waals surface area contributed by atoms with Gasteiger partial charge in [-0.1, -0.05) is 85.8 Å². The Bertz CT molecular complexity index is 969. The minimum Gasteiger partial charge on any atom is -0.393 e. The Hall–Kier alpha value is -2.95. The number of carbonyl (C=O) groups is 1. The third-order valence-electron chi connectivity index (χ3n) is 6.03. The van der Waals surface area contributed by atoms with Crippen molar-refractivity contribution in [1.29, 1.82) is 0 Å². The molecule has 0 unspecified atom stereocenters. The normalized spacial score (nSPS) is 12.1. The van der Waals surface area contributed by atoms with Crippen molar-refractivity contribution in [2.24, 2.45) is 5.73 Å². The quantitative estimate of drug-likeness (QED) is 0.403. The fourth-order valence-corrected chi connectivity index (χ4v) is 4.03. The Morgan fingerprint density at radius 1 is 0.788 bits per heavy atom. The van der Waals surface area contributed by atoms with Crippen LogP contribution < -0.4 is 5.73 Å². The maximum atomic E-state index is 11.2. The molecule has 4 nitrogen and oxygen atoms in total. The number of aliphatic hydroxyl groups is 1. The lowest BCUT2D eigenvalue weighted by Crippen LogP contribution is -2.27.